The molecule has 0 amide bonds. The summed E-state index contributed by atoms with van der Waals surface area (Å²) < 4.78 is 6.94. The van der Waals surface area contributed by atoms with Crippen molar-refractivity contribution in [2.24, 2.45) is 0 Å². The van der Waals surface area contributed by atoms with Gasteiger partial charge in [-0.3, -0.25) is 0 Å². The summed E-state index contributed by atoms with van der Waals surface area (Å²) in [6.45, 7) is 10.0. The number of hydrogen-bond donors (Lipinski definition) is 0. The standard InChI is InChI=1S/2C10H9.C2H6Si.2CH3.Zr/c2*1-8-6-9-4-2-3-5-10(9)7-8;1-3-2;;;/h2*2-7H,1H3;1-2H3;2*1H3;. The van der Waals surface area contributed by atoms with E-state index in [-0.39, 0.29) is 0 Å². The zero-order valence-electron chi connectivity index (χ0n) is 16.9. The molecule has 0 N–H and O–H groups in total. The maximum atomic E-state index is 2.80. The predicted octanol–water partition coefficient (Wildman–Crippen LogP) is 7.34. The van der Waals surface area contributed by atoms with Crippen molar-refractivity contribution in [3.63, 3.8) is 0 Å². The molecule has 2 atom stereocenters. The molecular weight excluding hydrogens is 408 g/mol. The van der Waals surface area contributed by atoms with E-state index in [1.807, 2.05) is 0 Å². The second-order valence-electron chi connectivity index (χ2n) is 9.51. The molecule has 0 bridgehead atoms. The Morgan fingerprint density at radius 3 is 1.46 bits per heavy atom. The van der Waals surface area contributed by atoms with E-state index in [2.05, 4.69) is 96.9 Å². The van der Waals surface area contributed by atoms with Gasteiger partial charge >= 0.3 is 160 Å². The van der Waals surface area contributed by atoms with E-state index in [0.29, 0.717) is 7.25 Å². The van der Waals surface area contributed by atoms with Gasteiger partial charge in [0, 0.05) is 0 Å². The van der Waals surface area contributed by atoms with Crippen molar-refractivity contribution in [3.05, 3.63) is 81.9 Å². The summed E-state index contributed by atoms with van der Waals surface area (Å²) in [5, 5.41) is 0. The molecule has 0 nitrogen and oxygen atoms in total. The van der Waals surface area contributed by atoms with E-state index >= 15 is 0 Å². The quantitative estimate of drug-likeness (QED) is 0.431. The summed E-state index contributed by atoms with van der Waals surface area (Å²) in [4.78, 5) is 0. The van der Waals surface area contributed by atoms with Crippen LogP contribution >= 0.6 is 0 Å². The van der Waals surface area contributed by atoms with Crippen LogP contribution in [-0.2, 0) is 17.4 Å². The average Bonchev–Trinajstić information content (AvgIpc) is 3.10. The van der Waals surface area contributed by atoms with E-state index in [0.717, 1.165) is 0 Å². The summed E-state index contributed by atoms with van der Waals surface area (Å²) in [6.07, 6.45) is 4.95. The topological polar surface area (TPSA) is 0 Å². The molecule has 0 aromatic heterocycles. The number of hydrogen-bond acceptors (Lipinski definition) is 0. The van der Waals surface area contributed by atoms with Crippen LogP contribution in [0.15, 0.2) is 59.7 Å². The Morgan fingerprint density at radius 2 is 1.08 bits per heavy atom. The van der Waals surface area contributed by atoms with Crippen LogP contribution in [0.3, 0.4) is 0 Å². The van der Waals surface area contributed by atoms with Crippen LogP contribution in [0.4, 0.5) is 0 Å². The van der Waals surface area contributed by atoms with E-state index in [4.69, 9.17) is 0 Å². The van der Waals surface area contributed by atoms with Crippen LogP contribution in [0.25, 0.3) is 12.2 Å². The Hall–Kier alpha value is -0.980. The average molecular weight is 438 g/mol. The Kier molecular flexibility index (Phi) is 4.25. The minimum absolute atomic E-state index is 0.456. The van der Waals surface area contributed by atoms with Gasteiger partial charge in [0.05, 0.1) is 0 Å². The van der Waals surface area contributed by atoms with E-state index < -0.39 is 22.8 Å². The van der Waals surface area contributed by atoms with Gasteiger partial charge in [-0.15, -0.1) is 0 Å². The second-order valence-corrected chi connectivity index (χ2v) is 43.9. The molecule has 2 heteroatoms. The fourth-order valence-corrected chi connectivity index (χ4v) is 34.4. The van der Waals surface area contributed by atoms with Crippen molar-refractivity contribution in [3.8, 4) is 0 Å². The van der Waals surface area contributed by atoms with Crippen LogP contribution in [-0.4, -0.2) is 5.43 Å². The molecule has 2 aromatic rings. The SMILES string of the molecule is CC1=Cc2ccccc2[CH]1[Zr]([CH3])([CH3])([CH]1C(C)=Cc2ccccc21)=[Si](C)C. The zero-order valence-corrected chi connectivity index (χ0v) is 20.4. The molecule has 0 spiro atoms. The third kappa shape index (κ3) is 2.34. The third-order valence-electron chi connectivity index (χ3n) is 7.65. The molecule has 2 unspecified atom stereocenters. The van der Waals surface area contributed by atoms with Crippen molar-refractivity contribution in [2.75, 3.05) is 0 Å². The summed E-state index contributed by atoms with van der Waals surface area (Å²) in [6, 6.07) is 18.3. The van der Waals surface area contributed by atoms with Crippen molar-refractivity contribution in [1.29, 1.82) is 0 Å². The number of benzene rings is 2. The molecule has 2 aliphatic rings. The van der Waals surface area contributed by atoms with Crippen LogP contribution in [0.2, 0.25) is 22.4 Å². The van der Waals surface area contributed by atoms with Gasteiger partial charge in [0.1, 0.15) is 0 Å². The van der Waals surface area contributed by atoms with E-state index in [9.17, 15) is 0 Å². The fourth-order valence-electron chi connectivity index (χ4n) is 6.06. The zero-order chi connectivity index (χ0) is 18.7. The fraction of sp³-hybridized carbons (Fsp3) is 0.333. The second kappa shape index (κ2) is 6.01. The van der Waals surface area contributed by atoms with Crippen molar-refractivity contribution in [2.45, 2.75) is 43.5 Å². The molecule has 0 saturated carbocycles. The van der Waals surface area contributed by atoms with Crippen LogP contribution < -0.4 is 0 Å². The summed E-state index contributed by atoms with van der Waals surface area (Å²) >= 11 is -3.28. The summed E-state index contributed by atoms with van der Waals surface area (Å²) in [5.41, 5.74) is 8.94. The number of rotatable bonds is 2. The van der Waals surface area contributed by atoms with Crippen LogP contribution in [0.1, 0.15) is 43.4 Å². The molecule has 0 heterocycles. The molecule has 4 rings (SSSR count). The van der Waals surface area contributed by atoms with Gasteiger partial charge in [0.25, 0.3) is 0 Å². The van der Waals surface area contributed by atoms with Gasteiger partial charge in [0.2, 0.25) is 0 Å². The van der Waals surface area contributed by atoms with Gasteiger partial charge in [0.15, 0.2) is 0 Å². The van der Waals surface area contributed by atoms with Gasteiger partial charge in [-0.25, -0.2) is 0 Å². The van der Waals surface area contributed by atoms with Gasteiger partial charge in [-0.05, 0) is 0 Å². The van der Waals surface area contributed by atoms with Crippen molar-refractivity contribution < 1.29 is 17.4 Å². The van der Waals surface area contributed by atoms with Gasteiger partial charge in [-0.1, -0.05) is 0 Å². The van der Waals surface area contributed by atoms with Gasteiger partial charge in [-0.2, -0.15) is 0 Å². The molecule has 2 aliphatic carbocycles. The Bertz CT molecular complexity index is 968. The number of fused-ring (bicyclic) bond motifs is 2. The van der Waals surface area contributed by atoms with Crippen LogP contribution in [0, 0.1) is 0 Å². The van der Waals surface area contributed by atoms with Gasteiger partial charge < -0.3 is 0 Å². The maximum absolute atomic E-state index is 3.28. The minimum atomic E-state index is -3.28. The molecule has 134 valence electrons. The molecule has 0 saturated heterocycles. The molecule has 2 aromatic carbocycles. The number of allylic oxidation sites excluding steroid dienone is 2. The first kappa shape index (κ1) is 18.4. The summed E-state index contributed by atoms with van der Waals surface area (Å²) in [5.74, 6) is 0. The Balaban J connectivity index is 2.05. The normalized spacial score (nSPS) is 21.8. The van der Waals surface area contributed by atoms with E-state index in [1.54, 1.807) is 22.3 Å². The Morgan fingerprint density at radius 1 is 0.692 bits per heavy atom. The third-order valence-corrected chi connectivity index (χ3v) is 50.0. The van der Waals surface area contributed by atoms with Crippen molar-refractivity contribution >= 4 is 17.6 Å². The first-order valence-corrected chi connectivity index (χ1v) is 23.7. The predicted molar refractivity (Wildman–Crippen MR) is 115 cm³/mol. The first-order valence-electron chi connectivity index (χ1n) is 9.79. The van der Waals surface area contributed by atoms with Crippen molar-refractivity contribution in [1.82, 2.24) is 0 Å². The summed E-state index contributed by atoms with van der Waals surface area (Å²) in [7, 11) is 0. The monoisotopic (exact) mass is 436 g/mol. The van der Waals surface area contributed by atoms with Crippen LogP contribution in [0.5, 0.6) is 0 Å². The molecular formula is C24H30SiZr. The first-order chi connectivity index (χ1) is 12.2. The molecule has 0 fully saturated rings. The molecule has 26 heavy (non-hydrogen) atoms. The Labute approximate surface area is 159 Å². The van der Waals surface area contributed by atoms with E-state index in [1.165, 1.54) is 11.1 Å². The molecule has 0 aliphatic heterocycles. The molecule has 0 radical (unpaired) electrons.